The van der Waals surface area contributed by atoms with Crippen molar-refractivity contribution in [3.8, 4) is 0 Å². The average Bonchev–Trinajstić information content (AvgIpc) is 2.88. The van der Waals surface area contributed by atoms with Gasteiger partial charge in [-0.1, -0.05) is 78.3 Å². The third-order valence-corrected chi connectivity index (χ3v) is 6.64. The molecule has 0 fully saturated rings. The van der Waals surface area contributed by atoms with E-state index in [9.17, 15) is 5.11 Å². The minimum absolute atomic E-state index is 0.263. The second-order valence-electron chi connectivity index (χ2n) is 9.81. The molecule has 0 aliphatic rings. The molecule has 5 heteroatoms. The van der Waals surface area contributed by atoms with Gasteiger partial charge in [-0.05, 0) is 87.3 Å². The lowest BCUT2D eigenvalue weighted by Gasteiger charge is -2.27. The summed E-state index contributed by atoms with van der Waals surface area (Å²) in [5.41, 5.74) is 5.56. The standard InChI is InChI=1S/C31H33ClN2O.CH4O/c1-31(2,35)28-11-6-5-9-23(28)15-19-30(34(3)4)25-10-7-8-22(20-25)12-17-27-18-14-24-13-16-26(32)21-29(24)33-27;1-2/h5-14,16-18,20-21,30,35H,15,19H2,1-4H3;2H,1H3/b17-12+;. The van der Waals surface area contributed by atoms with Crippen LogP contribution >= 0.6 is 11.6 Å². The van der Waals surface area contributed by atoms with E-state index in [-0.39, 0.29) is 6.04 Å². The molecule has 4 nitrogen and oxygen atoms in total. The van der Waals surface area contributed by atoms with Crippen LogP contribution in [0.15, 0.2) is 78.9 Å². The molecule has 1 unspecified atom stereocenters. The lowest BCUT2D eigenvalue weighted by molar-refractivity contribution is 0.0775. The zero-order valence-electron chi connectivity index (χ0n) is 22.3. The van der Waals surface area contributed by atoms with Crippen molar-refractivity contribution in [2.75, 3.05) is 21.2 Å². The summed E-state index contributed by atoms with van der Waals surface area (Å²) >= 11 is 6.14. The van der Waals surface area contributed by atoms with E-state index in [2.05, 4.69) is 67.5 Å². The maximum absolute atomic E-state index is 10.6. The highest BCUT2D eigenvalue weighted by Crippen LogP contribution is 2.29. The number of pyridine rings is 1. The van der Waals surface area contributed by atoms with Crippen LogP contribution in [0.25, 0.3) is 23.1 Å². The van der Waals surface area contributed by atoms with Crippen molar-refractivity contribution in [1.29, 1.82) is 0 Å². The molecule has 0 saturated carbocycles. The van der Waals surface area contributed by atoms with Gasteiger partial charge in [-0.2, -0.15) is 0 Å². The largest absolute Gasteiger partial charge is 0.400 e. The van der Waals surface area contributed by atoms with E-state index in [0.717, 1.165) is 47.7 Å². The maximum Gasteiger partial charge on any atom is 0.0843 e. The molecule has 0 radical (unpaired) electrons. The fourth-order valence-electron chi connectivity index (χ4n) is 4.60. The van der Waals surface area contributed by atoms with Gasteiger partial charge in [-0.25, -0.2) is 4.98 Å². The van der Waals surface area contributed by atoms with Crippen LogP contribution in [-0.2, 0) is 12.0 Å². The Morgan fingerprint density at radius 1 is 0.919 bits per heavy atom. The van der Waals surface area contributed by atoms with E-state index in [1.54, 1.807) is 0 Å². The lowest BCUT2D eigenvalue weighted by atomic mass is 9.89. The molecular weight excluding hydrogens is 480 g/mol. The number of aliphatic hydroxyl groups is 2. The number of halogens is 1. The Kier molecular flexibility index (Phi) is 10.0. The van der Waals surface area contributed by atoms with Crippen molar-refractivity contribution in [3.63, 3.8) is 0 Å². The molecule has 1 heterocycles. The van der Waals surface area contributed by atoms with Gasteiger partial charge in [0, 0.05) is 23.6 Å². The van der Waals surface area contributed by atoms with Crippen molar-refractivity contribution in [2.45, 2.75) is 38.3 Å². The number of aromatic nitrogens is 1. The van der Waals surface area contributed by atoms with Crippen LogP contribution in [0.1, 0.15) is 54.3 Å². The van der Waals surface area contributed by atoms with Gasteiger partial charge in [0.15, 0.2) is 0 Å². The Bertz CT molecular complexity index is 1340. The second-order valence-corrected chi connectivity index (χ2v) is 10.2. The summed E-state index contributed by atoms with van der Waals surface area (Å²) < 4.78 is 0. The molecule has 1 atom stereocenters. The van der Waals surface area contributed by atoms with E-state index < -0.39 is 5.60 Å². The van der Waals surface area contributed by atoms with Crippen molar-refractivity contribution >= 4 is 34.7 Å². The zero-order valence-corrected chi connectivity index (χ0v) is 23.1. The summed E-state index contributed by atoms with van der Waals surface area (Å²) in [6.07, 6.45) is 6.01. The molecule has 37 heavy (non-hydrogen) atoms. The minimum atomic E-state index is -0.850. The second kappa shape index (κ2) is 13.0. The third-order valence-electron chi connectivity index (χ3n) is 6.40. The molecule has 0 spiro atoms. The number of benzene rings is 3. The third kappa shape index (κ3) is 7.73. The molecule has 4 rings (SSSR count). The number of hydrogen-bond acceptors (Lipinski definition) is 4. The van der Waals surface area contributed by atoms with Crippen molar-refractivity contribution in [3.05, 3.63) is 112 Å². The van der Waals surface area contributed by atoms with Gasteiger partial charge in [0.2, 0.25) is 0 Å². The Labute approximate surface area is 225 Å². The number of aliphatic hydroxyl groups excluding tert-OH is 1. The number of nitrogens with zero attached hydrogens (tertiary/aromatic N) is 2. The number of hydrogen-bond donors (Lipinski definition) is 2. The first-order chi connectivity index (χ1) is 17.7. The molecular formula is C32H37ClN2O2. The molecule has 4 aromatic rings. The molecule has 2 N–H and O–H groups in total. The first kappa shape index (κ1) is 28.5. The molecule has 0 aliphatic heterocycles. The number of aryl methyl sites for hydroxylation is 1. The van der Waals surface area contributed by atoms with Gasteiger partial charge < -0.3 is 15.1 Å². The van der Waals surface area contributed by atoms with E-state index in [0.29, 0.717) is 5.02 Å². The van der Waals surface area contributed by atoms with Crippen LogP contribution in [0.3, 0.4) is 0 Å². The summed E-state index contributed by atoms with van der Waals surface area (Å²) in [5.74, 6) is 0. The van der Waals surface area contributed by atoms with Gasteiger partial charge >= 0.3 is 0 Å². The van der Waals surface area contributed by atoms with E-state index in [1.165, 1.54) is 11.1 Å². The summed E-state index contributed by atoms with van der Waals surface area (Å²) in [7, 11) is 5.25. The minimum Gasteiger partial charge on any atom is -0.400 e. The van der Waals surface area contributed by atoms with Crippen LogP contribution in [0.5, 0.6) is 0 Å². The summed E-state index contributed by atoms with van der Waals surface area (Å²) in [5, 5.41) is 19.4. The monoisotopic (exact) mass is 516 g/mol. The van der Waals surface area contributed by atoms with Crippen LogP contribution in [0.4, 0.5) is 0 Å². The molecule has 0 aliphatic carbocycles. The fraction of sp³-hybridized carbons (Fsp3) is 0.281. The van der Waals surface area contributed by atoms with Crippen molar-refractivity contribution in [2.24, 2.45) is 0 Å². The van der Waals surface area contributed by atoms with Crippen LogP contribution < -0.4 is 0 Å². The van der Waals surface area contributed by atoms with E-state index >= 15 is 0 Å². The Morgan fingerprint density at radius 2 is 1.65 bits per heavy atom. The average molecular weight is 517 g/mol. The zero-order chi connectivity index (χ0) is 27.0. The molecule has 0 saturated heterocycles. The Morgan fingerprint density at radius 3 is 2.38 bits per heavy atom. The van der Waals surface area contributed by atoms with E-state index in [1.807, 2.05) is 56.3 Å². The van der Waals surface area contributed by atoms with Crippen LogP contribution in [0, 0.1) is 0 Å². The van der Waals surface area contributed by atoms with E-state index in [4.69, 9.17) is 21.7 Å². The SMILES string of the molecule is CN(C)C(CCc1ccccc1C(C)(C)O)c1cccc(/C=C/c2ccc3ccc(Cl)cc3n2)c1.CO. The van der Waals surface area contributed by atoms with Crippen molar-refractivity contribution in [1.82, 2.24) is 9.88 Å². The quantitative estimate of drug-likeness (QED) is 0.261. The first-order valence-electron chi connectivity index (χ1n) is 12.5. The van der Waals surface area contributed by atoms with Gasteiger partial charge in [-0.3, -0.25) is 0 Å². The summed E-state index contributed by atoms with van der Waals surface area (Å²) in [4.78, 5) is 7.00. The number of rotatable bonds is 8. The highest BCUT2D eigenvalue weighted by atomic mass is 35.5. The molecule has 1 aromatic heterocycles. The van der Waals surface area contributed by atoms with Gasteiger partial charge in [0.1, 0.15) is 0 Å². The normalized spacial score (nSPS) is 12.6. The van der Waals surface area contributed by atoms with Gasteiger partial charge in [-0.15, -0.1) is 0 Å². The van der Waals surface area contributed by atoms with Crippen molar-refractivity contribution < 1.29 is 10.2 Å². The lowest BCUT2D eigenvalue weighted by Crippen LogP contribution is -2.22. The van der Waals surface area contributed by atoms with Gasteiger partial charge in [0.05, 0.1) is 16.8 Å². The van der Waals surface area contributed by atoms with Crippen LogP contribution in [-0.4, -0.2) is 41.3 Å². The molecule has 194 valence electrons. The number of fused-ring (bicyclic) bond motifs is 1. The predicted molar refractivity (Wildman–Crippen MR) is 157 cm³/mol. The molecule has 0 amide bonds. The molecule has 0 bridgehead atoms. The maximum atomic E-state index is 10.6. The smallest absolute Gasteiger partial charge is 0.0843 e. The topological polar surface area (TPSA) is 56.6 Å². The van der Waals surface area contributed by atoms with Gasteiger partial charge in [0.25, 0.3) is 0 Å². The predicted octanol–water partition coefficient (Wildman–Crippen LogP) is 7.13. The highest BCUT2D eigenvalue weighted by molar-refractivity contribution is 6.31. The first-order valence-corrected chi connectivity index (χ1v) is 12.8. The highest BCUT2D eigenvalue weighted by Gasteiger charge is 2.21. The molecule has 3 aromatic carbocycles. The summed E-state index contributed by atoms with van der Waals surface area (Å²) in [6, 6.07) is 27.0. The summed E-state index contributed by atoms with van der Waals surface area (Å²) in [6.45, 7) is 3.70. The fourth-order valence-corrected chi connectivity index (χ4v) is 4.77. The Balaban J connectivity index is 0.00000186. The Hall–Kier alpha value is -3.02. The van der Waals surface area contributed by atoms with Crippen LogP contribution in [0.2, 0.25) is 5.02 Å².